The molecule has 22 heavy (non-hydrogen) atoms. The van der Waals surface area contributed by atoms with Crippen molar-refractivity contribution in [2.75, 3.05) is 18.1 Å². The van der Waals surface area contributed by atoms with E-state index in [1.165, 1.54) is 22.5 Å². The van der Waals surface area contributed by atoms with E-state index < -0.39 is 22.0 Å². The number of halogens is 1. The van der Waals surface area contributed by atoms with Gasteiger partial charge >= 0.3 is 0 Å². The van der Waals surface area contributed by atoms with E-state index in [4.69, 9.17) is 0 Å². The molecule has 1 atom stereocenters. The first kappa shape index (κ1) is 15.3. The van der Waals surface area contributed by atoms with Gasteiger partial charge in [-0.2, -0.15) is 4.31 Å². The van der Waals surface area contributed by atoms with Crippen molar-refractivity contribution in [2.45, 2.75) is 18.9 Å². The summed E-state index contributed by atoms with van der Waals surface area (Å²) in [4.78, 5) is 16.5. The highest BCUT2D eigenvalue weighted by molar-refractivity contribution is 7.88. The summed E-state index contributed by atoms with van der Waals surface area (Å²) >= 11 is 1.16. The molecule has 0 saturated carbocycles. The van der Waals surface area contributed by atoms with Gasteiger partial charge in [0.05, 0.1) is 16.5 Å². The fourth-order valence-electron chi connectivity index (χ4n) is 2.54. The molecule has 1 amide bonds. The van der Waals surface area contributed by atoms with Gasteiger partial charge in [-0.25, -0.2) is 17.8 Å². The number of thiazole rings is 1. The molecule has 1 aliphatic rings. The number of nitrogens with one attached hydrogen (secondary N) is 1. The van der Waals surface area contributed by atoms with E-state index >= 15 is 0 Å². The van der Waals surface area contributed by atoms with Crippen LogP contribution in [0.1, 0.15) is 12.8 Å². The number of carbonyl (C=O) groups excluding carboxylic acids is 1. The van der Waals surface area contributed by atoms with E-state index in [0.29, 0.717) is 34.7 Å². The number of sulfonamides is 1. The first-order chi connectivity index (χ1) is 10.3. The van der Waals surface area contributed by atoms with Gasteiger partial charge < -0.3 is 5.32 Å². The van der Waals surface area contributed by atoms with Gasteiger partial charge in [-0.3, -0.25) is 4.79 Å². The zero-order valence-electron chi connectivity index (χ0n) is 11.7. The zero-order valence-corrected chi connectivity index (χ0v) is 13.4. The minimum atomic E-state index is -3.41. The van der Waals surface area contributed by atoms with Crippen LogP contribution in [0.25, 0.3) is 10.2 Å². The lowest BCUT2D eigenvalue weighted by Crippen LogP contribution is -2.42. The average molecular weight is 343 g/mol. The predicted molar refractivity (Wildman–Crippen MR) is 82.8 cm³/mol. The minimum absolute atomic E-state index is 0.339. The molecule has 2 aromatic rings. The number of amides is 1. The number of aromatic nitrogens is 1. The van der Waals surface area contributed by atoms with Crippen LogP contribution in [0.4, 0.5) is 9.52 Å². The first-order valence-electron chi connectivity index (χ1n) is 6.68. The summed E-state index contributed by atoms with van der Waals surface area (Å²) in [5, 5.41) is 2.97. The largest absolute Gasteiger partial charge is 0.301 e. The highest BCUT2D eigenvalue weighted by Gasteiger charge is 2.36. The summed E-state index contributed by atoms with van der Waals surface area (Å²) < 4.78 is 38.3. The first-order valence-corrected chi connectivity index (χ1v) is 9.35. The van der Waals surface area contributed by atoms with E-state index in [1.807, 2.05) is 0 Å². The molecule has 1 aliphatic heterocycles. The number of fused-ring (bicyclic) bond motifs is 1. The fraction of sp³-hybridized carbons (Fsp3) is 0.385. The van der Waals surface area contributed by atoms with Gasteiger partial charge in [0.1, 0.15) is 11.9 Å². The number of carbonyl (C=O) groups is 1. The van der Waals surface area contributed by atoms with Crippen molar-refractivity contribution in [2.24, 2.45) is 0 Å². The molecular formula is C13H14FN3O3S2. The molecular weight excluding hydrogens is 329 g/mol. The van der Waals surface area contributed by atoms with Crippen molar-refractivity contribution in [3.63, 3.8) is 0 Å². The fourth-order valence-corrected chi connectivity index (χ4v) is 4.56. The molecule has 118 valence electrons. The topological polar surface area (TPSA) is 79.4 Å². The summed E-state index contributed by atoms with van der Waals surface area (Å²) in [5.41, 5.74) is 0.591. The second kappa shape index (κ2) is 5.56. The molecule has 6 nitrogen and oxygen atoms in total. The van der Waals surface area contributed by atoms with Crippen LogP contribution in [0.2, 0.25) is 0 Å². The standard InChI is InChI=1S/C13H14FN3O3S2/c1-22(19,20)17-6-2-3-10(17)12(18)16-13-15-9-5-4-8(14)7-11(9)21-13/h4-5,7,10H,2-3,6H2,1H3,(H,15,16,18)/t10-/m0/s1. The Morgan fingerprint density at radius 1 is 1.50 bits per heavy atom. The summed E-state index contributed by atoms with van der Waals surface area (Å²) in [5.74, 6) is -0.768. The van der Waals surface area contributed by atoms with Gasteiger partial charge in [0, 0.05) is 6.54 Å². The van der Waals surface area contributed by atoms with Crippen LogP contribution in [0.5, 0.6) is 0 Å². The van der Waals surface area contributed by atoms with Crippen LogP contribution in [0.3, 0.4) is 0 Å². The molecule has 9 heteroatoms. The Balaban J connectivity index is 1.80. The molecule has 3 rings (SSSR count). The van der Waals surface area contributed by atoms with Crippen LogP contribution < -0.4 is 5.32 Å². The second-order valence-corrected chi connectivity index (χ2v) is 8.12. The quantitative estimate of drug-likeness (QED) is 0.922. The molecule has 2 heterocycles. The number of rotatable bonds is 3. The van der Waals surface area contributed by atoms with Gasteiger partial charge in [0.2, 0.25) is 15.9 Å². The lowest BCUT2D eigenvalue weighted by Gasteiger charge is -2.20. The second-order valence-electron chi connectivity index (χ2n) is 5.15. The summed E-state index contributed by atoms with van der Waals surface area (Å²) in [6.07, 6.45) is 2.23. The number of hydrogen-bond donors (Lipinski definition) is 1. The van der Waals surface area contributed by atoms with Crippen molar-refractivity contribution < 1.29 is 17.6 Å². The van der Waals surface area contributed by atoms with E-state index in [2.05, 4.69) is 10.3 Å². The Kier molecular flexibility index (Phi) is 3.87. The Labute approximate surface area is 131 Å². The molecule has 0 bridgehead atoms. The Morgan fingerprint density at radius 2 is 2.27 bits per heavy atom. The predicted octanol–water partition coefficient (Wildman–Crippen LogP) is 1.80. The van der Waals surface area contributed by atoms with E-state index in [1.54, 1.807) is 0 Å². The minimum Gasteiger partial charge on any atom is -0.301 e. The van der Waals surface area contributed by atoms with Gasteiger partial charge in [0.25, 0.3) is 0 Å². The van der Waals surface area contributed by atoms with Crippen molar-refractivity contribution in [3.05, 3.63) is 24.0 Å². The SMILES string of the molecule is CS(=O)(=O)N1CCC[C@H]1C(=O)Nc1nc2ccc(F)cc2s1. The average Bonchev–Trinajstić information content (AvgIpc) is 3.02. The third-order valence-corrected chi connectivity index (χ3v) is 5.74. The molecule has 1 N–H and O–H groups in total. The zero-order chi connectivity index (χ0) is 15.9. The van der Waals surface area contributed by atoms with Crippen LogP contribution in [-0.2, 0) is 14.8 Å². The van der Waals surface area contributed by atoms with Gasteiger partial charge in [-0.05, 0) is 31.0 Å². The highest BCUT2D eigenvalue weighted by atomic mass is 32.2. The molecule has 0 unspecified atom stereocenters. The Hall–Kier alpha value is -1.58. The number of nitrogens with zero attached hydrogens (tertiary/aromatic N) is 2. The van der Waals surface area contributed by atoms with E-state index in [9.17, 15) is 17.6 Å². The van der Waals surface area contributed by atoms with Crippen LogP contribution in [0, 0.1) is 5.82 Å². The van der Waals surface area contributed by atoms with Crippen molar-refractivity contribution in [1.29, 1.82) is 0 Å². The van der Waals surface area contributed by atoms with Crippen molar-refractivity contribution in [1.82, 2.24) is 9.29 Å². The van der Waals surface area contributed by atoms with Crippen LogP contribution in [-0.4, -0.2) is 42.5 Å². The van der Waals surface area contributed by atoms with Crippen molar-refractivity contribution in [3.8, 4) is 0 Å². The summed E-state index contributed by atoms with van der Waals surface area (Å²) in [6.45, 7) is 0.349. The van der Waals surface area contributed by atoms with E-state index in [0.717, 1.165) is 17.6 Å². The summed E-state index contributed by atoms with van der Waals surface area (Å²) in [6, 6.07) is 3.48. The molecule has 0 radical (unpaired) electrons. The van der Waals surface area contributed by atoms with Crippen molar-refractivity contribution >= 4 is 42.6 Å². The maximum atomic E-state index is 13.2. The third-order valence-electron chi connectivity index (χ3n) is 3.51. The van der Waals surface area contributed by atoms with Gasteiger partial charge in [-0.1, -0.05) is 11.3 Å². The van der Waals surface area contributed by atoms with Crippen LogP contribution in [0.15, 0.2) is 18.2 Å². The van der Waals surface area contributed by atoms with Gasteiger partial charge in [0.15, 0.2) is 5.13 Å². The summed E-state index contributed by atoms with van der Waals surface area (Å²) in [7, 11) is -3.41. The monoisotopic (exact) mass is 343 g/mol. The molecule has 0 aliphatic carbocycles. The number of hydrogen-bond acceptors (Lipinski definition) is 5. The van der Waals surface area contributed by atoms with Gasteiger partial charge in [-0.15, -0.1) is 0 Å². The Bertz CT molecular complexity index is 834. The maximum absolute atomic E-state index is 13.2. The lowest BCUT2D eigenvalue weighted by atomic mass is 10.2. The van der Waals surface area contributed by atoms with E-state index in [-0.39, 0.29) is 5.82 Å². The van der Waals surface area contributed by atoms with Crippen LogP contribution >= 0.6 is 11.3 Å². The third kappa shape index (κ3) is 2.96. The smallest absolute Gasteiger partial charge is 0.244 e. The molecule has 1 fully saturated rings. The number of anilines is 1. The highest BCUT2D eigenvalue weighted by Crippen LogP contribution is 2.28. The lowest BCUT2D eigenvalue weighted by molar-refractivity contribution is -0.119. The number of benzene rings is 1. The molecule has 1 aromatic carbocycles. The molecule has 0 spiro atoms. The normalized spacial score (nSPS) is 19.6. The maximum Gasteiger partial charge on any atom is 0.244 e. The Morgan fingerprint density at radius 3 is 3.00 bits per heavy atom. The molecule has 1 aromatic heterocycles. The molecule has 1 saturated heterocycles.